The summed E-state index contributed by atoms with van der Waals surface area (Å²) in [5.74, 6) is -2.01. The van der Waals surface area contributed by atoms with E-state index < -0.39 is 47.3 Å². The minimum Gasteiger partial charge on any atom is -0.349 e. The summed E-state index contributed by atoms with van der Waals surface area (Å²) in [4.78, 5) is 69.4. The molecule has 4 aliphatic rings. The van der Waals surface area contributed by atoms with Gasteiger partial charge in [0.25, 0.3) is 5.91 Å². The number of hydrogen-bond acceptors (Lipinski definition) is 5. The van der Waals surface area contributed by atoms with Crippen molar-refractivity contribution in [3.8, 4) is 0 Å². The zero-order valence-electron chi connectivity index (χ0n) is 28.7. The van der Waals surface area contributed by atoms with Crippen molar-refractivity contribution in [2.75, 3.05) is 13.1 Å². The Kier molecular flexibility index (Phi) is 11.8. The number of ketones is 1. The van der Waals surface area contributed by atoms with Crippen molar-refractivity contribution in [2.45, 2.75) is 135 Å². The predicted octanol–water partition coefficient (Wildman–Crippen LogP) is 4.54. The van der Waals surface area contributed by atoms with Crippen molar-refractivity contribution >= 4 is 29.5 Å². The maximum Gasteiger partial charge on any atom is 0.315 e. The molecule has 0 spiro atoms. The predicted molar refractivity (Wildman–Crippen MR) is 179 cm³/mol. The van der Waals surface area contributed by atoms with Gasteiger partial charge in [-0.05, 0) is 102 Å². The maximum absolute atomic E-state index is 14.3. The SMILES string of the molecule is C=CCCC(NC(=O)[C@@H]1[C@@H]2[C@H](CN1C(=O)[C@@H](NC(=O)NC(C)(C)C)C1CCCCC1)C2(C)C)C(=O)C(=O)NCCC1=CCCCC1. The Hall–Kier alpha value is -3.17. The van der Waals surface area contributed by atoms with E-state index in [0.29, 0.717) is 25.9 Å². The molecule has 1 aliphatic heterocycles. The van der Waals surface area contributed by atoms with Crippen LogP contribution < -0.4 is 21.3 Å². The first-order chi connectivity index (χ1) is 21.7. The number of piperidine rings is 1. The van der Waals surface area contributed by atoms with Crippen LogP contribution in [-0.4, -0.2) is 71.2 Å². The number of hydrogen-bond donors (Lipinski definition) is 4. The van der Waals surface area contributed by atoms with Crippen LogP contribution >= 0.6 is 0 Å². The van der Waals surface area contributed by atoms with Crippen LogP contribution in [-0.2, 0) is 19.2 Å². The van der Waals surface area contributed by atoms with E-state index in [-0.39, 0.29) is 35.5 Å². The first kappa shape index (κ1) is 35.7. The number of likely N-dealkylation sites (tertiary alicyclic amines) is 1. The molecule has 1 saturated heterocycles. The highest BCUT2D eigenvalue weighted by molar-refractivity contribution is 6.38. The summed E-state index contributed by atoms with van der Waals surface area (Å²) in [5, 5.41) is 11.5. The molecular formula is C36H57N5O5. The molecule has 1 heterocycles. The number of nitrogens with one attached hydrogen (secondary N) is 4. The van der Waals surface area contributed by atoms with Gasteiger partial charge in [0.2, 0.25) is 17.6 Å². The number of carbonyl (C=O) groups excluding carboxylic acids is 5. The fraction of sp³-hybridized carbons (Fsp3) is 0.750. The molecule has 0 radical (unpaired) electrons. The molecule has 1 unspecified atom stereocenters. The number of allylic oxidation sites excluding steroid dienone is 2. The molecule has 0 aromatic carbocycles. The van der Waals surface area contributed by atoms with Gasteiger partial charge < -0.3 is 26.2 Å². The number of amides is 5. The molecule has 0 bridgehead atoms. The van der Waals surface area contributed by atoms with E-state index in [9.17, 15) is 24.0 Å². The number of fused-ring (bicyclic) bond motifs is 1. The van der Waals surface area contributed by atoms with E-state index >= 15 is 0 Å². The van der Waals surface area contributed by atoms with Crippen molar-refractivity contribution < 1.29 is 24.0 Å². The average molecular weight is 640 g/mol. The molecule has 4 rings (SSSR count). The van der Waals surface area contributed by atoms with Crippen LogP contribution in [0.15, 0.2) is 24.3 Å². The lowest BCUT2D eigenvalue weighted by molar-refractivity contribution is -0.144. The minimum atomic E-state index is -1.03. The summed E-state index contributed by atoms with van der Waals surface area (Å²) >= 11 is 0. The van der Waals surface area contributed by atoms with Gasteiger partial charge in [-0.1, -0.05) is 50.8 Å². The Morgan fingerprint density at radius 3 is 2.39 bits per heavy atom. The Morgan fingerprint density at radius 1 is 1.04 bits per heavy atom. The van der Waals surface area contributed by atoms with E-state index in [1.54, 1.807) is 11.0 Å². The van der Waals surface area contributed by atoms with Gasteiger partial charge in [0.15, 0.2) is 0 Å². The number of urea groups is 1. The van der Waals surface area contributed by atoms with Crippen LogP contribution in [0.5, 0.6) is 0 Å². The van der Waals surface area contributed by atoms with Gasteiger partial charge in [0.1, 0.15) is 12.1 Å². The van der Waals surface area contributed by atoms with Crippen LogP contribution in [0.1, 0.15) is 112 Å². The quantitative estimate of drug-likeness (QED) is 0.173. The van der Waals surface area contributed by atoms with Crippen molar-refractivity contribution in [1.29, 1.82) is 0 Å². The highest BCUT2D eigenvalue weighted by atomic mass is 16.2. The van der Waals surface area contributed by atoms with Gasteiger partial charge in [-0.2, -0.15) is 0 Å². The number of rotatable bonds is 13. The molecule has 10 heteroatoms. The number of nitrogens with zero attached hydrogens (tertiary/aromatic N) is 1. The van der Waals surface area contributed by atoms with Crippen LogP contribution in [0, 0.1) is 23.2 Å². The van der Waals surface area contributed by atoms with E-state index in [1.807, 2.05) is 20.8 Å². The fourth-order valence-electron chi connectivity index (χ4n) is 7.88. The molecule has 5 amide bonds. The molecule has 256 valence electrons. The van der Waals surface area contributed by atoms with Gasteiger partial charge in [0, 0.05) is 18.6 Å². The zero-order chi connectivity index (χ0) is 33.6. The second-order valence-corrected chi connectivity index (χ2v) is 15.5. The van der Waals surface area contributed by atoms with Crippen LogP contribution in [0.2, 0.25) is 0 Å². The van der Waals surface area contributed by atoms with Crippen LogP contribution in [0.25, 0.3) is 0 Å². The maximum atomic E-state index is 14.3. The van der Waals surface area contributed by atoms with Crippen molar-refractivity contribution in [3.05, 3.63) is 24.3 Å². The molecule has 3 aliphatic carbocycles. The highest BCUT2D eigenvalue weighted by Crippen LogP contribution is 2.65. The van der Waals surface area contributed by atoms with Gasteiger partial charge >= 0.3 is 6.03 Å². The van der Waals surface area contributed by atoms with Gasteiger partial charge in [0.05, 0.1) is 6.04 Å². The normalized spacial score (nSPS) is 25.3. The summed E-state index contributed by atoms with van der Waals surface area (Å²) in [6.45, 7) is 14.4. The fourth-order valence-corrected chi connectivity index (χ4v) is 7.88. The zero-order valence-corrected chi connectivity index (χ0v) is 28.7. The Balaban J connectivity index is 1.48. The van der Waals surface area contributed by atoms with Gasteiger partial charge in [-0.15, -0.1) is 6.58 Å². The van der Waals surface area contributed by atoms with E-state index in [2.05, 4.69) is 47.8 Å². The molecular weight excluding hydrogens is 582 g/mol. The Labute approximate surface area is 275 Å². The van der Waals surface area contributed by atoms with E-state index in [1.165, 1.54) is 12.0 Å². The van der Waals surface area contributed by atoms with Gasteiger partial charge in [-0.25, -0.2) is 4.79 Å². The molecule has 3 fully saturated rings. The molecule has 4 N–H and O–H groups in total. The topological polar surface area (TPSA) is 137 Å². The Bertz CT molecular complexity index is 1200. The highest BCUT2D eigenvalue weighted by Gasteiger charge is 2.69. The summed E-state index contributed by atoms with van der Waals surface area (Å²) in [6, 6.07) is -2.96. The van der Waals surface area contributed by atoms with Crippen molar-refractivity contribution in [1.82, 2.24) is 26.2 Å². The molecule has 0 aromatic rings. The standard InChI is InChI=1S/C36H57N5O5/c1-7-8-19-26(30(42)32(44)37-21-20-23-15-11-9-12-16-23)38-31(43)29-27-25(36(27,5)6)22-41(29)33(45)28(24-17-13-10-14-18-24)39-34(46)40-35(2,3)4/h7,15,24-29H,1,8-14,16-22H2,2-6H3,(H,37,44)(H,38,43)(H2,39,40,46)/t25-,26?,27-,28-,29-/m0/s1. The molecule has 2 saturated carbocycles. The average Bonchev–Trinajstić information content (AvgIpc) is 3.32. The molecule has 0 aromatic heterocycles. The molecule has 46 heavy (non-hydrogen) atoms. The number of carbonyl (C=O) groups is 5. The smallest absolute Gasteiger partial charge is 0.315 e. The molecule has 5 atom stereocenters. The van der Waals surface area contributed by atoms with E-state index in [4.69, 9.17) is 0 Å². The molecule has 10 nitrogen and oxygen atoms in total. The monoisotopic (exact) mass is 639 g/mol. The van der Waals surface area contributed by atoms with Crippen LogP contribution in [0.4, 0.5) is 4.79 Å². The van der Waals surface area contributed by atoms with Gasteiger partial charge in [-0.3, -0.25) is 19.2 Å². The summed E-state index contributed by atoms with van der Waals surface area (Å²) in [5.41, 5.74) is 0.695. The third-order valence-corrected chi connectivity index (χ3v) is 10.6. The second kappa shape index (κ2) is 15.2. The lowest BCUT2D eigenvalue weighted by Crippen LogP contribution is -2.61. The van der Waals surface area contributed by atoms with Crippen LogP contribution in [0.3, 0.4) is 0 Å². The van der Waals surface area contributed by atoms with Crippen molar-refractivity contribution in [3.63, 3.8) is 0 Å². The second-order valence-electron chi connectivity index (χ2n) is 15.5. The third kappa shape index (κ3) is 8.79. The number of Topliss-reactive ketones (excluding diaryl/α,β-unsaturated/α-hetero) is 1. The summed E-state index contributed by atoms with van der Waals surface area (Å²) in [6.07, 6.45) is 14.4. The lowest BCUT2D eigenvalue weighted by Gasteiger charge is -2.37. The summed E-state index contributed by atoms with van der Waals surface area (Å²) in [7, 11) is 0. The van der Waals surface area contributed by atoms with Crippen molar-refractivity contribution in [2.24, 2.45) is 23.2 Å². The first-order valence-corrected chi connectivity index (χ1v) is 17.5. The minimum absolute atomic E-state index is 0.0180. The Morgan fingerprint density at radius 2 is 1.76 bits per heavy atom. The third-order valence-electron chi connectivity index (χ3n) is 10.6. The van der Waals surface area contributed by atoms with E-state index in [0.717, 1.165) is 51.4 Å². The largest absolute Gasteiger partial charge is 0.349 e. The summed E-state index contributed by atoms with van der Waals surface area (Å²) < 4.78 is 0. The first-order valence-electron chi connectivity index (χ1n) is 17.5. The lowest BCUT2D eigenvalue weighted by atomic mass is 9.83.